The summed E-state index contributed by atoms with van der Waals surface area (Å²) in [6.45, 7) is 5.67. The van der Waals surface area contributed by atoms with Crippen molar-refractivity contribution in [2.45, 2.75) is 26.9 Å². The molecule has 2 heterocycles. The van der Waals surface area contributed by atoms with Crippen molar-refractivity contribution < 1.29 is 14.3 Å². The maximum absolute atomic E-state index is 12.5. The van der Waals surface area contributed by atoms with Crippen LogP contribution < -0.4 is 15.4 Å². The third-order valence-corrected chi connectivity index (χ3v) is 5.85. The molecule has 0 atom stereocenters. The molecule has 4 aromatic rings. The molecule has 9 heteroatoms. The fraction of sp³-hybridized carbons (Fsp3) is 0.269. The van der Waals surface area contributed by atoms with E-state index in [0.29, 0.717) is 37.6 Å². The highest BCUT2D eigenvalue weighted by atomic mass is 16.5. The van der Waals surface area contributed by atoms with E-state index in [4.69, 9.17) is 4.74 Å². The summed E-state index contributed by atoms with van der Waals surface area (Å²) in [6.07, 6.45) is 1.85. The number of aromatic amines is 1. The highest BCUT2D eigenvalue weighted by molar-refractivity contribution is 5.93. The third-order valence-electron chi connectivity index (χ3n) is 5.85. The van der Waals surface area contributed by atoms with Crippen LogP contribution in [-0.2, 0) is 20.1 Å². The molecule has 0 spiro atoms. The number of hydrogen-bond donors (Lipinski definition) is 3. The molecule has 0 bridgehead atoms. The number of aromatic nitrogens is 4. The number of ether oxygens (including phenoxy) is 1. The van der Waals surface area contributed by atoms with Gasteiger partial charge in [0.25, 0.3) is 11.8 Å². The maximum Gasteiger partial charge on any atom is 0.271 e. The zero-order chi connectivity index (χ0) is 24.8. The molecule has 0 saturated heterocycles. The van der Waals surface area contributed by atoms with Crippen molar-refractivity contribution in [2.75, 3.05) is 13.2 Å². The smallest absolute Gasteiger partial charge is 0.271 e. The Labute approximate surface area is 204 Å². The number of amides is 2. The molecule has 2 aromatic heterocycles. The Bertz CT molecular complexity index is 1300. The second-order valence-electron chi connectivity index (χ2n) is 8.38. The molecule has 0 aliphatic heterocycles. The number of benzene rings is 2. The Morgan fingerprint density at radius 1 is 1.03 bits per heavy atom. The van der Waals surface area contributed by atoms with Crippen molar-refractivity contribution in [3.63, 3.8) is 0 Å². The average molecular weight is 475 g/mol. The third kappa shape index (κ3) is 5.81. The van der Waals surface area contributed by atoms with Gasteiger partial charge in [0.2, 0.25) is 0 Å². The van der Waals surface area contributed by atoms with Crippen molar-refractivity contribution in [2.24, 2.45) is 7.05 Å². The van der Waals surface area contributed by atoms with Gasteiger partial charge in [-0.2, -0.15) is 5.10 Å². The van der Waals surface area contributed by atoms with E-state index < -0.39 is 0 Å². The molecule has 4 rings (SSSR count). The number of hydrogen-bond acceptors (Lipinski definition) is 4. The van der Waals surface area contributed by atoms with Crippen LogP contribution >= 0.6 is 0 Å². The molecule has 35 heavy (non-hydrogen) atoms. The minimum atomic E-state index is -0.236. The topological polar surface area (TPSA) is 106 Å². The summed E-state index contributed by atoms with van der Waals surface area (Å²) in [5, 5.41) is 12.5. The SMILES string of the molecule is Cc1cc(C(=O)NCCOc2cccc(Cn3cc(C(=O)NCc4ccccc4)n3C)c2C)n[nH]1. The summed E-state index contributed by atoms with van der Waals surface area (Å²) in [6, 6.07) is 17.4. The van der Waals surface area contributed by atoms with Crippen LogP contribution in [-0.4, -0.2) is 44.5 Å². The predicted molar refractivity (Wildman–Crippen MR) is 132 cm³/mol. The highest BCUT2D eigenvalue weighted by Gasteiger charge is 2.17. The molecule has 2 amide bonds. The summed E-state index contributed by atoms with van der Waals surface area (Å²) >= 11 is 0. The zero-order valence-corrected chi connectivity index (χ0v) is 20.2. The van der Waals surface area contributed by atoms with Crippen LogP contribution in [0.25, 0.3) is 0 Å². The minimum Gasteiger partial charge on any atom is -0.491 e. The van der Waals surface area contributed by atoms with Crippen molar-refractivity contribution in [1.29, 1.82) is 0 Å². The molecule has 0 saturated carbocycles. The van der Waals surface area contributed by atoms with Gasteiger partial charge >= 0.3 is 0 Å². The lowest BCUT2D eigenvalue weighted by atomic mass is 10.1. The van der Waals surface area contributed by atoms with Crippen molar-refractivity contribution in [3.05, 3.63) is 94.6 Å². The van der Waals surface area contributed by atoms with Crippen molar-refractivity contribution >= 4 is 11.8 Å². The summed E-state index contributed by atoms with van der Waals surface area (Å²) < 4.78 is 9.74. The van der Waals surface area contributed by atoms with E-state index in [1.807, 2.05) is 85.0 Å². The van der Waals surface area contributed by atoms with Gasteiger partial charge in [0, 0.05) is 19.3 Å². The Morgan fingerprint density at radius 3 is 2.54 bits per heavy atom. The second kappa shape index (κ2) is 10.8. The van der Waals surface area contributed by atoms with Crippen molar-refractivity contribution in [1.82, 2.24) is 30.2 Å². The van der Waals surface area contributed by atoms with Crippen LogP contribution in [0.4, 0.5) is 0 Å². The normalized spacial score (nSPS) is 10.8. The van der Waals surface area contributed by atoms with Crippen LogP contribution in [0.3, 0.4) is 0 Å². The number of carbonyl (C=O) groups is 2. The molecule has 0 unspecified atom stereocenters. The molecule has 3 N–H and O–H groups in total. The fourth-order valence-electron chi connectivity index (χ4n) is 3.73. The first-order valence-electron chi connectivity index (χ1n) is 11.5. The average Bonchev–Trinajstić information content (AvgIpc) is 3.31. The summed E-state index contributed by atoms with van der Waals surface area (Å²) in [5.74, 6) is 0.424. The van der Waals surface area contributed by atoms with Gasteiger partial charge in [-0.05, 0) is 42.7 Å². The summed E-state index contributed by atoms with van der Waals surface area (Å²) in [7, 11) is 1.87. The van der Waals surface area contributed by atoms with Gasteiger partial charge in [-0.15, -0.1) is 0 Å². The van der Waals surface area contributed by atoms with E-state index >= 15 is 0 Å². The first-order chi connectivity index (χ1) is 16.9. The van der Waals surface area contributed by atoms with E-state index in [1.54, 1.807) is 6.07 Å². The summed E-state index contributed by atoms with van der Waals surface area (Å²) in [5.41, 5.74) is 4.98. The Balaban J connectivity index is 1.28. The minimum absolute atomic E-state index is 0.103. The van der Waals surface area contributed by atoms with E-state index in [0.717, 1.165) is 28.1 Å². The fourth-order valence-corrected chi connectivity index (χ4v) is 3.73. The molecule has 0 aliphatic carbocycles. The van der Waals surface area contributed by atoms with E-state index in [-0.39, 0.29) is 11.8 Å². The Kier molecular flexibility index (Phi) is 7.35. The lowest BCUT2D eigenvalue weighted by Crippen LogP contribution is -2.33. The first-order valence-corrected chi connectivity index (χ1v) is 11.5. The molecule has 0 radical (unpaired) electrons. The van der Waals surface area contributed by atoms with Gasteiger partial charge in [0.1, 0.15) is 23.7 Å². The van der Waals surface area contributed by atoms with Gasteiger partial charge in [-0.1, -0.05) is 42.5 Å². The van der Waals surface area contributed by atoms with Crippen LogP contribution in [0.1, 0.15) is 43.4 Å². The van der Waals surface area contributed by atoms with E-state index in [2.05, 4.69) is 20.8 Å². The van der Waals surface area contributed by atoms with Gasteiger partial charge in [0.15, 0.2) is 0 Å². The second-order valence-corrected chi connectivity index (χ2v) is 8.38. The van der Waals surface area contributed by atoms with Gasteiger partial charge in [-0.25, -0.2) is 0 Å². The largest absolute Gasteiger partial charge is 0.491 e. The number of aryl methyl sites for hydroxylation is 1. The molecule has 9 nitrogen and oxygen atoms in total. The quantitative estimate of drug-likeness (QED) is 0.307. The van der Waals surface area contributed by atoms with Gasteiger partial charge in [-0.3, -0.25) is 24.1 Å². The molecule has 0 aliphatic rings. The predicted octanol–water partition coefficient (Wildman–Crippen LogP) is 2.95. The zero-order valence-electron chi connectivity index (χ0n) is 20.2. The van der Waals surface area contributed by atoms with Crippen molar-refractivity contribution in [3.8, 4) is 5.75 Å². The lowest BCUT2D eigenvalue weighted by molar-refractivity contribution is 0.0925. The highest BCUT2D eigenvalue weighted by Crippen LogP contribution is 2.23. The molecule has 0 fully saturated rings. The van der Waals surface area contributed by atoms with E-state index in [9.17, 15) is 9.59 Å². The number of nitrogens with zero attached hydrogens (tertiary/aromatic N) is 3. The monoisotopic (exact) mass is 474 g/mol. The van der Waals surface area contributed by atoms with Crippen LogP contribution in [0.2, 0.25) is 0 Å². The van der Waals surface area contributed by atoms with Crippen LogP contribution in [0.15, 0.2) is 60.8 Å². The van der Waals surface area contributed by atoms with Gasteiger partial charge < -0.3 is 15.4 Å². The first kappa shape index (κ1) is 23.9. The standard InChI is InChI=1S/C26H30N6O3/c1-18-14-22(30-29-18)25(33)27-12-13-35-24-11-7-10-21(19(24)2)16-32-17-23(31(32)3)26(34)28-15-20-8-5-4-6-9-20/h4-11,14,17H,12-13,15-16H2,1-3H3,(H,27,33)(H,28,34)(H,29,30). The van der Waals surface area contributed by atoms with Crippen LogP contribution in [0.5, 0.6) is 5.75 Å². The number of carbonyl (C=O) groups excluding carboxylic acids is 2. The lowest BCUT2D eigenvalue weighted by Gasteiger charge is -2.24. The number of nitrogens with one attached hydrogen (secondary N) is 3. The van der Waals surface area contributed by atoms with Crippen LogP contribution in [0, 0.1) is 13.8 Å². The Morgan fingerprint density at radius 2 is 1.83 bits per heavy atom. The Hall–Kier alpha value is -4.27. The number of rotatable bonds is 10. The molecule has 2 aromatic carbocycles. The summed E-state index contributed by atoms with van der Waals surface area (Å²) in [4.78, 5) is 24.6. The van der Waals surface area contributed by atoms with E-state index in [1.165, 1.54) is 0 Å². The molecule has 182 valence electrons. The molecular weight excluding hydrogens is 444 g/mol. The molecular formula is C26H30N6O3. The number of H-pyrrole nitrogens is 1. The maximum atomic E-state index is 12.5. The van der Waals surface area contributed by atoms with Gasteiger partial charge in [0.05, 0.1) is 19.3 Å².